The van der Waals surface area contributed by atoms with Crippen molar-refractivity contribution in [2.75, 3.05) is 13.1 Å². The summed E-state index contributed by atoms with van der Waals surface area (Å²) < 4.78 is 26.7. The lowest BCUT2D eigenvalue weighted by Crippen LogP contribution is -2.40. The minimum Gasteiger partial charge on any atom is -0.289 e. The van der Waals surface area contributed by atoms with E-state index in [1.807, 2.05) is 19.1 Å². The van der Waals surface area contributed by atoms with Gasteiger partial charge in [-0.2, -0.15) is 4.31 Å². The fourth-order valence-electron chi connectivity index (χ4n) is 2.38. The second-order valence-electron chi connectivity index (χ2n) is 5.83. The average molecular weight is 356 g/mol. The van der Waals surface area contributed by atoms with Gasteiger partial charge in [0.15, 0.2) is 0 Å². The molecule has 0 aliphatic heterocycles. The molecule has 0 spiro atoms. The van der Waals surface area contributed by atoms with Crippen LogP contribution < -0.4 is 5.48 Å². The van der Waals surface area contributed by atoms with E-state index in [2.05, 4.69) is 6.92 Å². The average Bonchev–Trinajstić information content (AvgIpc) is 2.59. The maximum Gasteiger partial charge on any atom is 0.258 e. The number of rotatable bonds is 11. The van der Waals surface area contributed by atoms with Crippen LogP contribution in [0.15, 0.2) is 29.2 Å². The predicted molar refractivity (Wildman–Crippen MR) is 93.3 cm³/mol. The Balaban J connectivity index is 2.94. The first-order valence-electron chi connectivity index (χ1n) is 8.47. The molecular formula is C17H28N2O4S. The number of carbonyl (C=O) groups excluding carboxylic acids is 1. The summed E-state index contributed by atoms with van der Waals surface area (Å²) in [6.45, 7) is 3.99. The first-order valence-corrected chi connectivity index (χ1v) is 9.91. The highest BCUT2D eigenvalue weighted by Gasteiger charge is 2.26. The van der Waals surface area contributed by atoms with Crippen molar-refractivity contribution in [2.24, 2.45) is 0 Å². The molecule has 0 aliphatic rings. The molecule has 0 atom stereocenters. The lowest BCUT2D eigenvalue weighted by Gasteiger charge is -2.21. The number of hydrogen-bond acceptors (Lipinski definition) is 4. The van der Waals surface area contributed by atoms with E-state index in [1.54, 1.807) is 12.1 Å². The number of amides is 1. The Hall–Kier alpha value is -1.44. The summed E-state index contributed by atoms with van der Waals surface area (Å²) in [6, 6.07) is 6.81. The molecule has 0 saturated carbocycles. The molecule has 0 saturated heterocycles. The van der Waals surface area contributed by atoms with Gasteiger partial charge in [0.1, 0.15) is 0 Å². The molecule has 0 bridgehead atoms. The van der Waals surface area contributed by atoms with Crippen molar-refractivity contribution in [1.82, 2.24) is 9.79 Å². The predicted octanol–water partition coefficient (Wildman–Crippen LogP) is 2.72. The highest BCUT2D eigenvalue weighted by atomic mass is 32.2. The van der Waals surface area contributed by atoms with Crippen LogP contribution in [0.1, 0.15) is 51.5 Å². The largest absolute Gasteiger partial charge is 0.289 e. The highest BCUT2D eigenvalue weighted by Crippen LogP contribution is 2.18. The number of carbonyl (C=O) groups is 1. The zero-order valence-electron chi connectivity index (χ0n) is 14.5. The van der Waals surface area contributed by atoms with Crippen molar-refractivity contribution < 1.29 is 18.4 Å². The molecule has 0 fully saturated rings. The summed E-state index contributed by atoms with van der Waals surface area (Å²) in [7, 11) is -3.76. The lowest BCUT2D eigenvalue weighted by molar-refractivity contribution is -0.129. The Labute approximate surface area is 144 Å². The maximum atomic E-state index is 12.8. The van der Waals surface area contributed by atoms with Crippen LogP contribution in [0.25, 0.3) is 0 Å². The highest BCUT2D eigenvalue weighted by molar-refractivity contribution is 7.89. The van der Waals surface area contributed by atoms with Crippen LogP contribution in [0.4, 0.5) is 0 Å². The fraction of sp³-hybridized carbons (Fsp3) is 0.588. The second-order valence-corrected chi connectivity index (χ2v) is 7.77. The van der Waals surface area contributed by atoms with Gasteiger partial charge in [-0.15, -0.1) is 0 Å². The van der Waals surface area contributed by atoms with Crippen LogP contribution in [0.2, 0.25) is 0 Å². The van der Waals surface area contributed by atoms with E-state index in [9.17, 15) is 13.2 Å². The molecule has 0 radical (unpaired) electrons. The minimum absolute atomic E-state index is 0.171. The van der Waals surface area contributed by atoms with Gasteiger partial charge in [0.25, 0.3) is 5.91 Å². The topological polar surface area (TPSA) is 86.7 Å². The minimum atomic E-state index is -3.76. The molecule has 2 N–H and O–H groups in total. The third kappa shape index (κ3) is 6.22. The zero-order chi connectivity index (χ0) is 18.0. The molecule has 6 nitrogen and oxygen atoms in total. The van der Waals surface area contributed by atoms with Gasteiger partial charge in [-0.25, -0.2) is 13.9 Å². The van der Waals surface area contributed by atoms with Gasteiger partial charge in [0.2, 0.25) is 10.0 Å². The second kappa shape index (κ2) is 10.4. The summed E-state index contributed by atoms with van der Waals surface area (Å²) in [4.78, 5) is 11.6. The number of hydroxylamine groups is 1. The number of benzene rings is 1. The van der Waals surface area contributed by atoms with Crippen molar-refractivity contribution in [3.05, 3.63) is 29.8 Å². The van der Waals surface area contributed by atoms with E-state index < -0.39 is 15.9 Å². The van der Waals surface area contributed by atoms with Crippen molar-refractivity contribution >= 4 is 15.9 Å². The molecule has 0 heterocycles. The van der Waals surface area contributed by atoms with E-state index in [-0.39, 0.29) is 18.0 Å². The Morgan fingerprint density at radius 2 is 1.71 bits per heavy atom. The van der Waals surface area contributed by atoms with E-state index in [4.69, 9.17) is 5.21 Å². The molecule has 1 aromatic rings. The Bertz CT molecular complexity index is 600. The van der Waals surface area contributed by atoms with E-state index in [0.29, 0.717) is 6.42 Å². The first-order chi connectivity index (χ1) is 11.5. The Morgan fingerprint density at radius 3 is 2.25 bits per heavy atom. The van der Waals surface area contributed by atoms with Crippen molar-refractivity contribution in [1.29, 1.82) is 0 Å². The third-order valence-electron chi connectivity index (χ3n) is 3.84. The number of hydrogen-bond donors (Lipinski definition) is 2. The molecule has 1 rings (SSSR count). The van der Waals surface area contributed by atoms with E-state index >= 15 is 0 Å². The molecule has 0 aromatic heterocycles. The van der Waals surface area contributed by atoms with Gasteiger partial charge in [-0.05, 0) is 37.0 Å². The molecule has 1 amide bonds. The van der Waals surface area contributed by atoms with Crippen molar-refractivity contribution in [3.8, 4) is 0 Å². The number of nitrogens with zero attached hydrogens (tertiary/aromatic N) is 1. The Kier molecular flexibility index (Phi) is 8.95. The summed E-state index contributed by atoms with van der Waals surface area (Å²) in [5.74, 6) is -0.741. The SMILES string of the molecule is CCCCCN(CC(=O)NO)S(=O)(=O)c1ccc(CCCC)cc1. The normalized spacial score (nSPS) is 11.7. The Morgan fingerprint density at radius 1 is 1.08 bits per heavy atom. The summed E-state index contributed by atoms with van der Waals surface area (Å²) >= 11 is 0. The van der Waals surface area contributed by atoms with Gasteiger partial charge in [-0.1, -0.05) is 45.2 Å². The first kappa shape index (κ1) is 20.6. The molecule has 0 aliphatic carbocycles. The van der Waals surface area contributed by atoms with Gasteiger partial charge in [0.05, 0.1) is 11.4 Å². The van der Waals surface area contributed by atoms with Gasteiger partial charge >= 0.3 is 0 Å². The molecular weight excluding hydrogens is 328 g/mol. The van der Waals surface area contributed by atoms with E-state index in [1.165, 1.54) is 5.48 Å². The summed E-state index contributed by atoms with van der Waals surface area (Å²) in [5, 5.41) is 8.69. The number of unbranched alkanes of at least 4 members (excludes halogenated alkanes) is 3. The maximum absolute atomic E-state index is 12.8. The van der Waals surface area contributed by atoms with Crippen LogP contribution in [0, 0.1) is 0 Å². The molecule has 1 aromatic carbocycles. The monoisotopic (exact) mass is 356 g/mol. The summed E-state index contributed by atoms with van der Waals surface area (Å²) in [6.07, 6.45) is 5.56. The van der Waals surface area contributed by atoms with E-state index in [0.717, 1.165) is 42.0 Å². The third-order valence-corrected chi connectivity index (χ3v) is 5.70. The fourth-order valence-corrected chi connectivity index (χ4v) is 3.81. The van der Waals surface area contributed by atoms with Gasteiger partial charge < -0.3 is 0 Å². The standard InChI is InChI=1S/C17H28N2O4S/c1-3-5-7-13-19(14-17(20)18-21)24(22,23)16-11-9-15(10-12-16)8-6-4-2/h9-12,21H,3-8,13-14H2,1-2H3,(H,18,20). The van der Waals surface area contributed by atoms with Gasteiger partial charge in [0, 0.05) is 6.54 Å². The van der Waals surface area contributed by atoms with Crippen LogP contribution in [-0.4, -0.2) is 36.9 Å². The number of sulfonamides is 1. The summed E-state index contributed by atoms with van der Waals surface area (Å²) in [5.41, 5.74) is 2.60. The van der Waals surface area contributed by atoms with Crippen molar-refractivity contribution in [2.45, 2.75) is 57.3 Å². The quantitative estimate of drug-likeness (QED) is 0.363. The molecule has 136 valence electrons. The van der Waals surface area contributed by atoms with Crippen LogP contribution >= 0.6 is 0 Å². The van der Waals surface area contributed by atoms with Gasteiger partial charge in [-0.3, -0.25) is 10.0 Å². The molecule has 0 unspecified atom stereocenters. The number of nitrogens with one attached hydrogen (secondary N) is 1. The molecule has 24 heavy (non-hydrogen) atoms. The lowest BCUT2D eigenvalue weighted by atomic mass is 10.1. The zero-order valence-corrected chi connectivity index (χ0v) is 15.3. The van der Waals surface area contributed by atoms with Crippen LogP contribution in [-0.2, 0) is 21.2 Å². The smallest absolute Gasteiger partial charge is 0.258 e. The van der Waals surface area contributed by atoms with Crippen LogP contribution in [0.3, 0.4) is 0 Å². The van der Waals surface area contributed by atoms with Crippen molar-refractivity contribution in [3.63, 3.8) is 0 Å². The van der Waals surface area contributed by atoms with Crippen LogP contribution in [0.5, 0.6) is 0 Å². The number of aryl methyl sites for hydroxylation is 1. The molecule has 7 heteroatoms.